The van der Waals surface area contributed by atoms with E-state index in [0.29, 0.717) is 5.56 Å². The van der Waals surface area contributed by atoms with Crippen molar-refractivity contribution in [1.82, 2.24) is 10.2 Å². The smallest absolute Gasteiger partial charge is 0.130 e. The van der Waals surface area contributed by atoms with Gasteiger partial charge in [0, 0.05) is 0 Å². The molecule has 0 N–H and O–H groups in total. The zero-order valence-electron chi connectivity index (χ0n) is 4.13. The Hall–Kier alpha value is -1.36. The van der Waals surface area contributed by atoms with Crippen molar-refractivity contribution in [3.05, 3.63) is 24.0 Å². The van der Waals surface area contributed by atoms with Crippen molar-refractivity contribution in [2.45, 2.75) is 0 Å². The Morgan fingerprint density at radius 3 is 3.00 bits per heavy atom. The Labute approximate surface area is 47.6 Å². The van der Waals surface area contributed by atoms with Gasteiger partial charge >= 0.3 is 0 Å². The van der Waals surface area contributed by atoms with E-state index >= 15 is 0 Å². The summed E-state index contributed by atoms with van der Waals surface area (Å²) >= 11 is 0. The van der Waals surface area contributed by atoms with Crippen LogP contribution in [-0.2, 0) is 0 Å². The van der Waals surface area contributed by atoms with Crippen LogP contribution < -0.4 is 0 Å². The molecule has 1 rings (SSSR count). The Morgan fingerprint density at radius 1 is 1.75 bits per heavy atom. The highest BCUT2D eigenvalue weighted by molar-refractivity contribution is 5.25. The molecule has 37 valence electrons. The molecule has 0 bridgehead atoms. The maximum Gasteiger partial charge on any atom is 0.130 e. The van der Waals surface area contributed by atoms with E-state index in [-0.39, 0.29) is 0 Å². The average Bonchev–Trinajstić information content (AvgIpc) is 1.90. The quantitative estimate of drug-likeness (QED) is 0.440. The minimum Gasteiger partial charge on any atom is -0.158 e. The number of hydrogen-bond donors (Lipinski definition) is 0. The molecule has 0 spiro atoms. The van der Waals surface area contributed by atoms with Gasteiger partial charge in [-0.1, -0.05) is 5.92 Å². The number of nitrogens with zero attached hydrogens (tertiary/aromatic N) is 2. The molecule has 1 radical (unpaired) electrons. The number of aromatic nitrogens is 2. The summed E-state index contributed by atoms with van der Waals surface area (Å²) in [5, 5.41) is 6.93. The van der Waals surface area contributed by atoms with E-state index in [4.69, 9.17) is 6.42 Å². The Morgan fingerprint density at radius 2 is 2.62 bits per heavy atom. The molecule has 0 aliphatic rings. The standard InChI is InChI=1S/C6H3N2/c1-2-6-3-4-7-8-5-6/h1,3-4H. The fourth-order valence-electron chi connectivity index (χ4n) is 0.342. The lowest BCUT2D eigenvalue weighted by molar-refractivity contribution is 1.02. The summed E-state index contributed by atoms with van der Waals surface area (Å²) in [5.41, 5.74) is 0.639. The lowest BCUT2D eigenvalue weighted by atomic mass is 10.3. The summed E-state index contributed by atoms with van der Waals surface area (Å²) in [5.74, 6) is 2.37. The van der Waals surface area contributed by atoms with Crippen molar-refractivity contribution in [2.75, 3.05) is 0 Å². The van der Waals surface area contributed by atoms with Gasteiger partial charge in [0.2, 0.25) is 0 Å². The molecule has 0 aliphatic carbocycles. The summed E-state index contributed by atoms with van der Waals surface area (Å²) in [7, 11) is 0. The van der Waals surface area contributed by atoms with Crippen LogP contribution in [-0.4, -0.2) is 10.2 Å². The fourth-order valence-corrected chi connectivity index (χ4v) is 0.342. The predicted molar refractivity (Wildman–Crippen MR) is 28.8 cm³/mol. The van der Waals surface area contributed by atoms with Crippen molar-refractivity contribution < 1.29 is 0 Å². The zero-order chi connectivity index (χ0) is 5.82. The molecule has 8 heavy (non-hydrogen) atoms. The molecule has 2 nitrogen and oxygen atoms in total. The van der Waals surface area contributed by atoms with E-state index in [0.717, 1.165) is 0 Å². The van der Waals surface area contributed by atoms with Crippen LogP contribution in [0.4, 0.5) is 0 Å². The van der Waals surface area contributed by atoms with Gasteiger partial charge in [-0.05, 0) is 6.07 Å². The van der Waals surface area contributed by atoms with Crippen molar-refractivity contribution in [3.63, 3.8) is 0 Å². The number of hydrogen-bond acceptors (Lipinski definition) is 2. The molecule has 0 aliphatic heterocycles. The maximum absolute atomic E-state index is 5.00. The largest absolute Gasteiger partial charge is 0.158 e. The lowest BCUT2D eigenvalue weighted by Crippen LogP contribution is -1.79. The van der Waals surface area contributed by atoms with Gasteiger partial charge in [0.25, 0.3) is 0 Å². The molecule has 0 atom stereocenters. The van der Waals surface area contributed by atoms with Gasteiger partial charge < -0.3 is 0 Å². The summed E-state index contributed by atoms with van der Waals surface area (Å²) in [4.78, 5) is 0. The van der Waals surface area contributed by atoms with Crippen molar-refractivity contribution in [2.24, 2.45) is 0 Å². The summed E-state index contributed by atoms with van der Waals surface area (Å²) in [6.45, 7) is 0. The van der Waals surface area contributed by atoms with Crippen LogP contribution in [0.1, 0.15) is 5.56 Å². The van der Waals surface area contributed by atoms with Gasteiger partial charge in [-0.25, -0.2) is 0 Å². The highest BCUT2D eigenvalue weighted by Crippen LogP contribution is 1.85. The first-order valence-corrected chi connectivity index (χ1v) is 2.09. The number of terminal acetylenes is 1. The highest BCUT2D eigenvalue weighted by atomic mass is 15.1. The third kappa shape index (κ3) is 0.824. The third-order valence-electron chi connectivity index (χ3n) is 0.692. The molecule has 0 unspecified atom stereocenters. The maximum atomic E-state index is 5.00. The van der Waals surface area contributed by atoms with Crippen molar-refractivity contribution in [1.29, 1.82) is 0 Å². The predicted octanol–water partition coefficient (Wildman–Crippen LogP) is 0.258. The van der Waals surface area contributed by atoms with Crippen LogP contribution in [0.15, 0.2) is 12.3 Å². The molecule has 0 fully saturated rings. The third-order valence-corrected chi connectivity index (χ3v) is 0.692. The summed E-state index contributed by atoms with van der Waals surface area (Å²) < 4.78 is 0. The second kappa shape index (κ2) is 2.08. The zero-order valence-corrected chi connectivity index (χ0v) is 4.13. The van der Waals surface area contributed by atoms with Crippen LogP contribution in [0.2, 0.25) is 0 Å². The monoisotopic (exact) mass is 103 g/mol. The van der Waals surface area contributed by atoms with Gasteiger partial charge in [-0.15, -0.1) is 11.5 Å². The van der Waals surface area contributed by atoms with E-state index in [1.54, 1.807) is 6.07 Å². The van der Waals surface area contributed by atoms with E-state index < -0.39 is 0 Å². The van der Waals surface area contributed by atoms with Gasteiger partial charge in [-0.2, -0.15) is 5.10 Å². The summed E-state index contributed by atoms with van der Waals surface area (Å²) in [6.07, 6.45) is 9.06. The topological polar surface area (TPSA) is 25.8 Å². The summed E-state index contributed by atoms with van der Waals surface area (Å²) in [6, 6.07) is 1.67. The molecule has 1 aromatic rings. The number of rotatable bonds is 0. The van der Waals surface area contributed by atoms with Crippen molar-refractivity contribution >= 4 is 0 Å². The normalized spacial score (nSPS) is 7.88. The molecular formula is C6H3N2. The SMILES string of the molecule is C#Cc1[c]nncc1. The lowest BCUT2D eigenvalue weighted by Gasteiger charge is -1.79. The van der Waals surface area contributed by atoms with E-state index in [2.05, 4.69) is 22.3 Å². The highest BCUT2D eigenvalue weighted by Gasteiger charge is 1.80. The minimum atomic E-state index is 0.639. The minimum absolute atomic E-state index is 0.639. The molecule has 0 aromatic carbocycles. The van der Waals surface area contributed by atoms with E-state index in [1.165, 1.54) is 6.20 Å². The Kier molecular flexibility index (Phi) is 1.25. The molecule has 2 heteroatoms. The molecule has 1 heterocycles. The van der Waals surface area contributed by atoms with Gasteiger partial charge in [-0.3, -0.25) is 0 Å². The molecular weight excluding hydrogens is 100 g/mol. The van der Waals surface area contributed by atoms with Gasteiger partial charge in [0.15, 0.2) is 0 Å². The fraction of sp³-hybridized carbons (Fsp3) is 0. The second-order valence-corrected chi connectivity index (χ2v) is 1.20. The van der Waals surface area contributed by atoms with Gasteiger partial charge in [0.05, 0.1) is 11.8 Å². The van der Waals surface area contributed by atoms with Crippen LogP contribution in [0.25, 0.3) is 0 Å². The first kappa shape index (κ1) is 4.79. The Bertz CT molecular complexity index is 198. The van der Waals surface area contributed by atoms with Crippen LogP contribution in [0.5, 0.6) is 0 Å². The molecule has 0 amide bonds. The first-order chi connectivity index (χ1) is 3.93. The molecule has 0 saturated carbocycles. The first-order valence-electron chi connectivity index (χ1n) is 2.09. The molecule has 0 saturated heterocycles. The van der Waals surface area contributed by atoms with Crippen LogP contribution in [0, 0.1) is 18.5 Å². The van der Waals surface area contributed by atoms with E-state index in [9.17, 15) is 0 Å². The second-order valence-electron chi connectivity index (χ2n) is 1.20. The van der Waals surface area contributed by atoms with E-state index in [1.807, 2.05) is 0 Å². The Balaban J connectivity index is 3.05. The van der Waals surface area contributed by atoms with Crippen molar-refractivity contribution in [3.8, 4) is 12.3 Å². The van der Waals surface area contributed by atoms with Crippen LogP contribution >= 0.6 is 0 Å². The van der Waals surface area contributed by atoms with Crippen LogP contribution in [0.3, 0.4) is 0 Å². The molecule has 1 aromatic heterocycles. The van der Waals surface area contributed by atoms with Gasteiger partial charge in [0.1, 0.15) is 6.20 Å². The average molecular weight is 103 g/mol.